The number of halogens is 3. The number of aromatic nitrogens is 3. The molecule has 0 aromatic carbocycles. The second-order valence-corrected chi connectivity index (χ2v) is 12.1. The van der Waals surface area contributed by atoms with E-state index in [2.05, 4.69) is 37.0 Å². The second kappa shape index (κ2) is 14.0. The zero-order valence-corrected chi connectivity index (χ0v) is 25.3. The van der Waals surface area contributed by atoms with Gasteiger partial charge in [0.05, 0.1) is 30.1 Å². The van der Waals surface area contributed by atoms with E-state index in [1.54, 1.807) is 12.2 Å². The zero-order chi connectivity index (χ0) is 31.3. The molecule has 2 N–H and O–H groups in total. The highest BCUT2D eigenvalue weighted by Gasteiger charge is 2.33. The van der Waals surface area contributed by atoms with Gasteiger partial charge in [-0.1, -0.05) is 36.5 Å². The number of aliphatic carboxylic acids is 1. The maximum absolute atomic E-state index is 13.7. The molecule has 0 spiro atoms. The van der Waals surface area contributed by atoms with Crippen LogP contribution < -0.4 is 10.2 Å². The minimum Gasteiger partial charge on any atom is -0.481 e. The number of hydrogen-bond donors (Lipinski definition) is 2. The molecular weight excluding hydrogens is 595 g/mol. The number of rotatable bonds is 10. The topological polar surface area (TPSA) is 115 Å². The van der Waals surface area contributed by atoms with E-state index in [1.807, 2.05) is 4.90 Å². The number of alkyl halides is 3. The van der Waals surface area contributed by atoms with Gasteiger partial charge in [0.25, 0.3) is 5.91 Å². The molecule has 2 saturated heterocycles. The maximum Gasteiger partial charge on any atom is 0.416 e. The molecule has 0 bridgehead atoms. The van der Waals surface area contributed by atoms with E-state index in [0.29, 0.717) is 62.4 Å². The number of likely N-dealkylation sites (tertiary alicyclic amines) is 1. The predicted octanol–water partition coefficient (Wildman–Crippen LogP) is 4.99. The lowest BCUT2D eigenvalue weighted by molar-refractivity contribution is -0.137. The third-order valence-electron chi connectivity index (χ3n) is 8.13. The number of thiazole rings is 1. The molecule has 14 heteroatoms. The Morgan fingerprint density at radius 3 is 2.61 bits per heavy atom. The normalized spacial score (nSPS) is 19.9. The molecule has 5 rings (SSSR count). The number of allylic oxidation sites excluding steroid dienone is 6. The number of nitrogens with zero attached hydrogens (tertiary/aromatic N) is 6. The number of hydrogen-bond acceptors (Lipinski definition) is 9. The average molecular weight is 632 g/mol. The zero-order valence-electron chi connectivity index (χ0n) is 24.5. The Balaban J connectivity index is 1.31. The summed E-state index contributed by atoms with van der Waals surface area (Å²) in [4.78, 5) is 44.6. The smallest absolute Gasteiger partial charge is 0.416 e. The molecule has 1 aliphatic carbocycles. The van der Waals surface area contributed by atoms with Crippen molar-refractivity contribution in [3.8, 4) is 0 Å². The number of carboxylic acids is 1. The fourth-order valence-corrected chi connectivity index (χ4v) is 6.72. The van der Waals surface area contributed by atoms with Crippen molar-refractivity contribution in [2.45, 2.75) is 57.8 Å². The van der Waals surface area contributed by atoms with Crippen LogP contribution in [0.3, 0.4) is 0 Å². The third kappa shape index (κ3) is 7.90. The Morgan fingerprint density at radius 1 is 1.14 bits per heavy atom. The predicted molar refractivity (Wildman–Crippen MR) is 163 cm³/mol. The van der Waals surface area contributed by atoms with E-state index in [4.69, 9.17) is 5.11 Å². The van der Waals surface area contributed by atoms with Crippen LogP contribution in [-0.4, -0.2) is 93.2 Å². The van der Waals surface area contributed by atoms with Crippen molar-refractivity contribution in [2.24, 2.45) is 0 Å². The van der Waals surface area contributed by atoms with Gasteiger partial charge in [0.15, 0.2) is 5.13 Å². The van der Waals surface area contributed by atoms with Crippen molar-refractivity contribution in [1.82, 2.24) is 24.8 Å². The Bertz CT molecular complexity index is 1430. The van der Waals surface area contributed by atoms with Gasteiger partial charge in [-0.05, 0) is 38.3 Å². The Morgan fingerprint density at radius 2 is 1.93 bits per heavy atom. The Hall–Kier alpha value is -3.62. The summed E-state index contributed by atoms with van der Waals surface area (Å²) in [7, 11) is 0. The lowest BCUT2D eigenvalue weighted by Crippen LogP contribution is -2.47. The summed E-state index contributed by atoms with van der Waals surface area (Å²) in [6.07, 6.45) is 7.47. The standard InChI is InChI=1S/C30H36F3N7O3S/c1-2-22-8-5-10-40(22)19-24-27(20-6-3-4-7-21(16-20)30(31,32)33)36-29(44-24)37-28(43)23-17-35-25(18-34-23)39-14-12-38(13-15-39)11-9-26(41)42/h3,6-7,16-18,22H,2,4-5,8-15,19H2,1H3,(H,41,42)(H,36,37,43). The highest BCUT2D eigenvalue weighted by molar-refractivity contribution is 7.16. The molecule has 10 nitrogen and oxygen atoms in total. The molecular formula is C30H36F3N7O3S. The monoisotopic (exact) mass is 631 g/mol. The van der Waals surface area contributed by atoms with E-state index in [-0.39, 0.29) is 23.7 Å². The number of anilines is 2. The molecule has 2 fully saturated rings. The molecule has 2 aromatic heterocycles. The van der Waals surface area contributed by atoms with Gasteiger partial charge >= 0.3 is 12.1 Å². The van der Waals surface area contributed by atoms with Crippen molar-refractivity contribution in [2.75, 3.05) is 49.5 Å². The number of nitrogens with one attached hydrogen (secondary N) is 1. The fraction of sp³-hybridized carbons (Fsp3) is 0.500. The summed E-state index contributed by atoms with van der Waals surface area (Å²) in [5.74, 6) is -0.710. The van der Waals surface area contributed by atoms with Gasteiger partial charge in [-0.3, -0.25) is 24.7 Å². The molecule has 236 valence electrons. The number of carbonyl (C=O) groups excluding carboxylic acids is 1. The van der Waals surface area contributed by atoms with Crippen LogP contribution in [0.15, 0.2) is 42.3 Å². The van der Waals surface area contributed by atoms with Crippen LogP contribution in [0.2, 0.25) is 0 Å². The van der Waals surface area contributed by atoms with Crippen LogP contribution in [0, 0.1) is 0 Å². The van der Waals surface area contributed by atoms with Crippen molar-refractivity contribution in [1.29, 1.82) is 0 Å². The van der Waals surface area contributed by atoms with Crippen LogP contribution in [0.4, 0.5) is 24.1 Å². The number of amides is 1. The molecule has 1 amide bonds. The first-order chi connectivity index (χ1) is 21.1. The van der Waals surface area contributed by atoms with E-state index in [1.165, 1.54) is 23.7 Å². The summed E-state index contributed by atoms with van der Waals surface area (Å²) in [6, 6.07) is 0.397. The van der Waals surface area contributed by atoms with Crippen molar-refractivity contribution in [3.63, 3.8) is 0 Å². The van der Waals surface area contributed by atoms with Gasteiger partial charge in [0.1, 0.15) is 11.5 Å². The Kier molecular flexibility index (Phi) is 10.1. The second-order valence-electron chi connectivity index (χ2n) is 11.0. The van der Waals surface area contributed by atoms with Crippen molar-refractivity contribution < 1.29 is 27.9 Å². The van der Waals surface area contributed by atoms with E-state index in [9.17, 15) is 22.8 Å². The summed E-state index contributed by atoms with van der Waals surface area (Å²) in [5.41, 5.74) is 0.168. The molecule has 44 heavy (non-hydrogen) atoms. The molecule has 2 aromatic rings. The van der Waals surface area contributed by atoms with Gasteiger partial charge in [-0.2, -0.15) is 13.2 Å². The van der Waals surface area contributed by atoms with Crippen LogP contribution in [-0.2, 0) is 11.3 Å². The van der Waals surface area contributed by atoms with E-state index >= 15 is 0 Å². The summed E-state index contributed by atoms with van der Waals surface area (Å²) in [5, 5.41) is 12.0. The summed E-state index contributed by atoms with van der Waals surface area (Å²) < 4.78 is 41.0. The number of carboxylic acid groups (broad SMARTS) is 1. The molecule has 4 heterocycles. The van der Waals surface area contributed by atoms with Gasteiger partial charge in [0, 0.05) is 55.8 Å². The first-order valence-corrected chi connectivity index (χ1v) is 15.6. The summed E-state index contributed by atoms with van der Waals surface area (Å²) >= 11 is 1.26. The van der Waals surface area contributed by atoms with Crippen molar-refractivity contribution in [3.05, 3.63) is 58.5 Å². The van der Waals surface area contributed by atoms with Gasteiger partial charge in [0.2, 0.25) is 0 Å². The third-order valence-corrected chi connectivity index (χ3v) is 9.08. The van der Waals surface area contributed by atoms with E-state index < -0.39 is 23.6 Å². The molecule has 0 radical (unpaired) electrons. The minimum atomic E-state index is -4.48. The SMILES string of the molecule is CCC1CCCN1Cc1sc(NC(=O)c2cnc(N3CCN(CCC(=O)O)CC3)cn2)nc1C1=CC(C(F)(F)F)=CCC=C1. The summed E-state index contributed by atoms with van der Waals surface area (Å²) in [6.45, 7) is 6.80. The average Bonchev–Trinajstić information content (AvgIpc) is 3.53. The van der Waals surface area contributed by atoms with Gasteiger partial charge in [-0.25, -0.2) is 15.0 Å². The molecule has 3 aliphatic rings. The first-order valence-electron chi connectivity index (χ1n) is 14.8. The molecule has 1 unspecified atom stereocenters. The lowest BCUT2D eigenvalue weighted by atomic mass is 10.1. The largest absolute Gasteiger partial charge is 0.481 e. The quantitative estimate of drug-likeness (QED) is 0.374. The molecule has 2 aliphatic heterocycles. The van der Waals surface area contributed by atoms with Crippen LogP contribution in [0.5, 0.6) is 0 Å². The minimum absolute atomic E-state index is 0.0913. The van der Waals surface area contributed by atoms with Gasteiger partial charge < -0.3 is 10.0 Å². The first kappa shape index (κ1) is 31.8. The maximum atomic E-state index is 13.7. The Labute approximate surface area is 258 Å². The number of piperazine rings is 1. The number of carbonyl (C=O) groups is 2. The van der Waals surface area contributed by atoms with Crippen LogP contribution in [0.1, 0.15) is 60.1 Å². The highest BCUT2D eigenvalue weighted by atomic mass is 32.1. The van der Waals surface area contributed by atoms with E-state index in [0.717, 1.165) is 42.8 Å². The molecule has 0 saturated carbocycles. The molecule has 1 atom stereocenters. The fourth-order valence-electron chi connectivity index (χ4n) is 5.71. The highest BCUT2D eigenvalue weighted by Crippen LogP contribution is 2.37. The van der Waals surface area contributed by atoms with Crippen LogP contribution in [0.25, 0.3) is 5.57 Å². The van der Waals surface area contributed by atoms with Gasteiger partial charge in [-0.15, -0.1) is 0 Å². The van der Waals surface area contributed by atoms with Crippen LogP contribution >= 0.6 is 11.3 Å². The lowest BCUT2D eigenvalue weighted by Gasteiger charge is -2.34. The van der Waals surface area contributed by atoms with Crippen molar-refractivity contribution >= 4 is 39.7 Å².